The Balaban J connectivity index is 0.00000162. The van der Waals surface area contributed by atoms with Crippen molar-refractivity contribution in [3.63, 3.8) is 0 Å². The number of fused-ring (bicyclic) bond motifs is 4. The minimum absolute atomic E-state index is 0.160. The lowest BCUT2D eigenvalue weighted by molar-refractivity contribution is -0.130. The molecule has 2 heterocycles. The Hall–Kier alpha value is -4.78. The summed E-state index contributed by atoms with van der Waals surface area (Å²) in [5, 5.41) is 23.8. The van der Waals surface area contributed by atoms with Crippen LogP contribution >= 0.6 is 0 Å². The van der Waals surface area contributed by atoms with Gasteiger partial charge >= 0.3 is 0 Å². The maximum atomic E-state index is 13.6. The van der Waals surface area contributed by atoms with Crippen LogP contribution in [0.25, 0.3) is 0 Å². The third kappa shape index (κ3) is 11.2. The molecular weight excluding hydrogens is 554 g/mol. The van der Waals surface area contributed by atoms with Gasteiger partial charge in [-0.3, -0.25) is 19.2 Å². The summed E-state index contributed by atoms with van der Waals surface area (Å²) in [7, 11) is 3.99. The van der Waals surface area contributed by atoms with Crippen LogP contribution < -0.4 is 20.7 Å². The van der Waals surface area contributed by atoms with Gasteiger partial charge in [0.2, 0.25) is 11.8 Å². The molecule has 3 amide bonds. The normalized spacial score (nSPS) is 17.6. The van der Waals surface area contributed by atoms with E-state index in [1.165, 1.54) is 0 Å². The van der Waals surface area contributed by atoms with Gasteiger partial charge in [0.15, 0.2) is 0 Å². The zero-order chi connectivity index (χ0) is 31.0. The summed E-state index contributed by atoms with van der Waals surface area (Å²) in [5.41, 5.74) is 1.87. The Morgan fingerprint density at radius 3 is 2.53 bits per heavy atom. The lowest BCUT2D eigenvalue weighted by atomic mass is 10.0. The fraction of sp³-hybridized carbons (Fsp3) is 0.400. The van der Waals surface area contributed by atoms with E-state index in [0.717, 1.165) is 24.9 Å². The molecule has 1 aliphatic rings. The van der Waals surface area contributed by atoms with E-state index in [4.69, 9.17) is 14.6 Å². The number of benzene rings is 2. The van der Waals surface area contributed by atoms with Crippen LogP contribution in [0.3, 0.4) is 0 Å². The van der Waals surface area contributed by atoms with Crippen molar-refractivity contribution in [2.75, 3.05) is 27.2 Å². The van der Waals surface area contributed by atoms with E-state index in [1.54, 1.807) is 35.1 Å². The van der Waals surface area contributed by atoms with Crippen molar-refractivity contribution in [3.05, 3.63) is 77.6 Å². The third-order valence-corrected chi connectivity index (χ3v) is 6.60. The molecule has 4 bridgehead atoms. The Kier molecular flexibility index (Phi) is 13.1. The summed E-state index contributed by atoms with van der Waals surface area (Å²) in [6, 6.07) is 14.7. The van der Waals surface area contributed by atoms with Crippen LogP contribution in [0.1, 0.15) is 40.9 Å². The van der Waals surface area contributed by atoms with Crippen LogP contribution in [0.15, 0.2) is 60.8 Å². The summed E-state index contributed by atoms with van der Waals surface area (Å²) in [6.07, 6.45) is 4.07. The van der Waals surface area contributed by atoms with Gasteiger partial charge in [-0.05, 0) is 63.7 Å². The van der Waals surface area contributed by atoms with Crippen LogP contribution in [-0.2, 0) is 33.9 Å². The van der Waals surface area contributed by atoms with Gasteiger partial charge in [0.25, 0.3) is 12.4 Å². The summed E-state index contributed by atoms with van der Waals surface area (Å²) in [4.78, 5) is 50.6. The van der Waals surface area contributed by atoms with Crippen LogP contribution in [0.2, 0.25) is 0 Å². The quantitative estimate of drug-likeness (QED) is 0.233. The summed E-state index contributed by atoms with van der Waals surface area (Å²) in [5.74, 6) is -0.601. The van der Waals surface area contributed by atoms with Crippen molar-refractivity contribution in [1.82, 2.24) is 35.8 Å². The number of hydrogen-bond donors (Lipinski definition) is 4. The van der Waals surface area contributed by atoms with Gasteiger partial charge < -0.3 is 30.7 Å². The predicted octanol–water partition coefficient (Wildman–Crippen LogP) is 1.25. The van der Waals surface area contributed by atoms with Crippen LogP contribution in [0.4, 0.5) is 0 Å². The molecule has 0 saturated heterocycles. The number of amides is 3. The van der Waals surface area contributed by atoms with Gasteiger partial charge in [0.1, 0.15) is 30.1 Å². The predicted molar refractivity (Wildman–Crippen MR) is 158 cm³/mol. The van der Waals surface area contributed by atoms with E-state index in [-0.39, 0.29) is 24.8 Å². The van der Waals surface area contributed by atoms with Crippen molar-refractivity contribution >= 4 is 24.2 Å². The molecule has 2 aromatic carbocycles. The standard InChI is InChI=1S/C29H37N7O4.CH2O2/c1-35(2)14-7-6-13-25-29(39)32-26(17-21-9-4-3-5-10-21)28(38)30-19-23-20-36(34-33-23)15-16-40-24-12-8-11-22(18-24)27(37)31-25;2-1-3/h3-5,8-12,18,20,25-26H,6-7,13-17,19H2,1-2H3,(H,30,38)(H,31,37)(H,32,39);1H,(H,2,3)/t25-,26+;/m0./s1. The van der Waals surface area contributed by atoms with Crippen molar-refractivity contribution in [2.24, 2.45) is 0 Å². The zero-order valence-electron chi connectivity index (χ0n) is 24.4. The molecule has 0 radical (unpaired) electrons. The molecule has 13 heteroatoms. The fourth-order valence-corrected chi connectivity index (χ4v) is 4.43. The minimum Gasteiger partial charge on any atom is -0.492 e. The molecule has 0 fully saturated rings. The molecule has 1 aromatic heterocycles. The average molecular weight is 594 g/mol. The number of nitrogens with one attached hydrogen (secondary N) is 3. The monoisotopic (exact) mass is 593 g/mol. The second-order valence-electron chi connectivity index (χ2n) is 10.2. The van der Waals surface area contributed by atoms with E-state index in [2.05, 4.69) is 31.2 Å². The first-order valence-corrected chi connectivity index (χ1v) is 14.1. The summed E-state index contributed by atoms with van der Waals surface area (Å²) >= 11 is 0. The molecule has 2 atom stereocenters. The molecule has 4 rings (SSSR count). The van der Waals surface area contributed by atoms with Crippen LogP contribution in [0, 0.1) is 0 Å². The number of hydrogen-bond acceptors (Lipinski definition) is 8. The van der Waals surface area contributed by atoms with Crippen LogP contribution in [0.5, 0.6) is 5.75 Å². The number of nitrogens with zero attached hydrogens (tertiary/aromatic N) is 4. The molecule has 43 heavy (non-hydrogen) atoms. The van der Waals surface area contributed by atoms with E-state index >= 15 is 0 Å². The number of unbranched alkanes of at least 4 members (excludes halogenated alkanes) is 1. The van der Waals surface area contributed by atoms with Crippen molar-refractivity contribution in [3.8, 4) is 5.75 Å². The van der Waals surface area contributed by atoms with Gasteiger partial charge in [0.05, 0.1) is 19.3 Å². The first-order valence-electron chi connectivity index (χ1n) is 14.1. The third-order valence-electron chi connectivity index (χ3n) is 6.60. The topological polar surface area (TPSA) is 168 Å². The van der Waals surface area contributed by atoms with Crippen molar-refractivity contribution in [2.45, 2.75) is 50.9 Å². The van der Waals surface area contributed by atoms with Gasteiger partial charge in [-0.1, -0.05) is 41.6 Å². The minimum atomic E-state index is -0.846. The van der Waals surface area contributed by atoms with Crippen LogP contribution in [-0.4, -0.2) is 88.5 Å². The molecule has 13 nitrogen and oxygen atoms in total. The molecule has 3 aromatic rings. The number of carbonyl (C=O) groups is 4. The first-order chi connectivity index (χ1) is 20.8. The van der Waals surface area contributed by atoms with E-state index in [9.17, 15) is 14.4 Å². The maximum absolute atomic E-state index is 13.6. The highest BCUT2D eigenvalue weighted by molar-refractivity contribution is 5.98. The SMILES string of the molecule is CN(C)CCCC[C@@H]1NC(=O)c2cccc(c2)OCCn2cc(nn2)CNC(=O)[C@@H](Cc2ccccc2)NC1=O.O=CO. The Morgan fingerprint density at radius 2 is 1.79 bits per heavy atom. The first kappa shape index (κ1) is 32.7. The molecule has 0 saturated carbocycles. The second-order valence-corrected chi connectivity index (χ2v) is 10.2. The maximum Gasteiger partial charge on any atom is 0.290 e. The number of ether oxygens (including phenoxy) is 1. The van der Waals surface area contributed by atoms with Gasteiger partial charge in [-0.25, -0.2) is 4.68 Å². The van der Waals surface area contributed by atoms with Crippen molar-refractivity contribution < 1.29 is 29.0 Å². The molecular formula is C30H39N7O6. The van der Waals surface area contributed by atoms with Crippen molar-refractivity contribution in [1.29, 1.82) is 0 Å². The Labute approximate surface area is 250 Å². The fourth-order valence-electron chi connectivity index (χ4n) is 4.43. The molecule has 0 aliphatic carbocycles. The highest BCUT2D eigenvalue weighted by Gasteiger charge is 2.27. The van der Waals surface area contributed by atoms with Gasteiger partial charge in [-0.15, -0.1) is 5.10 Å². The summed E-state index contributed by atoms with van der Waals surface area (Å²) in [6.45, 7) is 1.54. The number of carbonyl (C=O) groups excluding carboxylic acids is 3. The molecule has 0 unspecified atom stereocenters. The van der Waals surface area contributed by atoms with E-state index in [0.29, 0.717) is 43.0 Å². The summed E-state index contributed by atoms with van der Waals surface area (Å²) < 4.78 is 7.45. The lowest BCUT2D eigenvalue weighted by Gasteiger charge is -2.24. The molecule has 1 aliphatic heterocycles. The second kappa shape index (κ2) is 17.2. The molecule has 0 spiro atoms. The lowest BCUT2D eigenvalue weighted by Crippen LogP contribution is -2.54. The van der Waals surface area contributed by atoms with E-state index < -0.39 is 18.0 Å². The Bertz CT molecular complexity index is 1330. The zero-order valence-corrected chi connectivity index (χ0v) is 24.4. The smallest absolute Gasteiger partial charge is 0.290 e. The number of rotatable bonds is 7. The van der Waals surface area contributed by atoms with E-state index in [1.807, 2.05) is 44.4 Å². The Morgan fingerprint density at radius 1 is 1.02 bits per heavy atom. The number of aromatic nitrogens is 3. The number of carboxylic acid groups (broad SMARTS) is 1. The largest absolute Gasteiger partial charge is 0.492 e. The molecule has 4 N–H and O–H groups in total. The molecule has 230 valence electrons. The highest BCUT2D eigenvalue weighted by atomic mass is 16.5. The average Bonchev–Trinajstić information content (AvgIpc) is 3.45. The van der Waals surface area contributed by atoms with Gasteiger partial charge in [-0.2, -0.15) is 0 Å². The highest BCUT2D eigenvalue weighted by Crippen LogP contribution is 2.15. The van der Waals surface area contributed by atoms with Gasteiger partial charge in [0, 0.05) is 12.0 Å².